The van der Waals surface area contributed by atoms with E-state index in [1.807, 2.05) is 54.6 Å². The minimum Gasteiger partial charge on any atom is -0.477 e. The molecule has 0 unspecified atom stereocenters. The third-order valence-corrected chi connectivity index (χ3v) is 7.80. The number of thioether (sulfide) groups is 2. The topological polar surface area (TPSA) is 86.7 Å². The lowest BCUT2D eigenvalue weighted by Gasteiger charge is -2.49. The lowest BCUT2D eigenvalue weighted by molar-refractivity contribution is -0.150. The molecule has 2 amide bonds. The summed E-state index contributed by atoms with van der Waals surface area (Å²) in [6.07, 6.45) is 0.175. The minimum atomic E-state index is -1.14. The van der Waals surface area contributed by atoms with E-state index in [1.165, 1.54) is 28.4 Å². The highest BCUT2D eigenvalue weighted by molar-refractivity contribution is 9.10. The summed E-state index contributed by atoms with van der Waals surface area (Å²) < 4.78 is 0.935. The molecular weight excluding hydrogens is 488 g/mol. The largest absolute Gasteiger partial charge is 0.477 e. The van der Waals surface area contributed by atoms with Crippen LogP contribution in [0.5, 0.6) is 0 Å². The molecule has 2 aliphatic rings. The van der Waals surface area contributed by atoms with Crippen LogP contribution in [0.25, 0.3) is 0 Å². The van der Waals surface area contributed by atoms with Gasteiger partial charge in [0.25, 0.3) is 5.91 Å². The number of carbonyl (C=O) groups excluding carboxylic acids is 2. The summed E-state index contributed by atoms with van der Waals surface area (Å²) in [4.78, 5) is 39.8. The Hall–Kier alpha value is -2.23. The summed E-state index contributed by atoms with van der Waals surface area (Å²) in [5.74, 6) is -1.32. The van der Waals surface area contributed by atoms with Crippen molar-refractivity contribution in [2.75, 3.05) is 5.75 Å². The number of carboxylic acid groups (broad SMARTS) is 1. The molecule has 2 aliphatic heterocycles. The normalized spacial score (nSPS) is 20.4. The Labute approximate surface area is 190 Å². The van der Waals surface area contributed by atoms with Crippen molar-refractivity contribution < 1.29 is 19.5 Å². The lowest BCUT2D eigenvalue weighted by Crippen LogP contribution is -2.70. The van der Waals surface area contributed by atoms with Crippen LogP contribution in [-0.4, -0.2) is 45.0 Å². The maximum Gasteiger partial charge on any atom is 0.353 e. The number of carbonyl (C=O) groups is 3. The molecule has 2 aromatic rings. The van der Waals surface area contributed by atoms with Crippen molar-refractivity contribution in [1.29, 1.82) is 0 Å². The van der Waals surface area contributed by atoms with Crippen LogP contribution in [0.15, 0.2) is 74.6 Å². The number of benzene rings is 2. The van der Waals surface area contributed by atoms with Crippen molar-refractivity contribution in [3.05, 3.63) is 75.2 Å². The molecule has 1 fully saturated rings. The Kier molecular flexibility index (Phi) is 6.21. The molecule has 0 spiro atoms. The molecule has 2 atom stereocenters. The van der Waals surface area contributed by atoms with Gasteiger partial charge in [-0.15, -0.1) is 11.8 Å². The monoisotopic (exact) mass is 504 g/mol. The van der Waals surface area contributed by atoms with Gasteiger partial charge in [-0.25, -0.2) is 4.79 Å². The fourth-order valence-corrected chi connectivity index (χ4v) is 6.06. The molecule has 30 heavy (non-hydrogen) atoms. The number of halogens is 1. The van der Waals surface area contributed by atoms with Crippen molar-refractivity contribution in [3.63, 3.8) is 0 Å². The Morgan fingerprint density at radius 2 is 1.87 bits per heavy atom. The number of nitrogens with one attached hydrogen (secondary N) is 1. The molecule has 154 valence electrons. The molecule has 1 saturated heterocycles. The molecule has 0 bridgehead atoms. The standard InChI is InChI=1S/C21H17BrN2O4S2/c22-13-6-8-14(9-7-13)30-15-11-29-20-17(19(26)24(20)18(15)21(27)28)23-16(25)10-12-4-2-1-3-5-12/h1-9,17,20H,10-11H2,(H,23,25)(H,27,28)/t17-,20+/m1/s1. The van der Waals surface area contributed by atoms with Gasteiger partial charge < -0.3 is 10.4 Å². The Balaban J connectivity index is 1.48. The van der Waals surface area contributed by atoms with E-state index >= 15 is 0 Å². The smallest absolute Gasteiger partial charge is 0.353 e. The van der Waals surface area contributed by atoms with Gasteiger partial charge in [0.2, 0.25) is 5.91 Å². The van der Waals surface area contributed by atoms with Crippen molar-refractivity contribution in [2.45, 2.75) is 22.7 Å². The third-order valence-electron chi connectivity index (χ3n) is 4.71. The highest BCUT2D eigenvalue weighted by Crippen LogP contribution is 2.45. The molecule has 2 N–H and O–H groups in total. The molecule has 2 heterocycles. The van der Waals surface area contributed by atoms with E-state index in [4.69, 9.17) is 0 Å². The average molecular weight is 505 g/mol. The maximum atomic E-state index is 12.7. The molecular formula is C21H17BrN2O4S2. The van der Waals surface area contributed by atoms with Crippen LogP contribution in [0.1, 0.15) is 5.56 Å². The Morgan fingerprint density at radius 1 is 1.17 bits per heavy atom. The average Bonchev–Trinajstić information content (AvgIpc) is 2.74. The molecule has 4 rings (SSSR count). The highest BCUT2D eigenvalue weighted by atomic mass is 79.9. The third kappa shape index (κ3) is 4.28. The predicted molar refractivity (Wildman–Crippen MR) is 120 cm³/mol. The summed E-state index contributed by atoms with van der Waals surface area (Å²) in [5.41, 5.74) is 0.861. The van der Waals surface area contributed by atoms with Crippen molar-refractivity contribution in [3.8, 4) is 0 Å². The fraction of sp³-hybridized carbons (Fsp3) is 0.190. The van der Waals surface area contributed by atoms with Crippen molar-refractivity contribution in [1.82, 2.24) is 10.2 Å². The zero-order valence-corrected chi connectivity index (χ0v) is 18.8. The Morgan fingerprint density at radius 3 is 2.53 bits per heavy atom. The van der Waals surface area contributed by atoms with Crippen LogP contribution in [0.3, 0.4) is 0 Å². The van der Waals surface area contributed by atoms with E-state index in [1.54, 1.807) is 0 Å². The van der Waals surface area contributed by atoms with Gasteiger partial charge in [-0.3, -0.25) is 14.5 Å². The number of hydrogen-bond acceptors (Lipinski definition) is 5. The van der Waals surface area contributed by atoms with E-state index in [9.17, 15) is 19.5 Å². The van der Waals surface area contributed by atoms with Crippen molar-refractivity contribution >= 4 is 57.2 Å². The van der Waals surface area contributed by atoms with E-state index in [0.29, 0.717) is 10.7 Å². The van der Waals surface area contributed by atoms with Gasteiger partial charge in [0.05, 0.1) is 6.42 Å². The number of rotatable bonds is 6. The summed E-state index contributed by atoms with van der Waals surface area (Å²) in [6, 6.07) is 16.1. The quantitative estimate of drug-likeness (QED) is 0.585. The van der Waals surface area contributed by atoms with Crippen LogP contribution in [0, 0.1) is 0 Å². The summed E-state index contributed by atoms with van der Waals surface area (Å²) in [5, 5.41) is 12.1. The molecule has 0 aromatic heterocycles. The number of hydrogen-bond donors (Lipinski definition) is 2. The van der Waals surface area contributed by atoms with Gasteiger partial charge in [-0.1, -0.05) is 58.0 Å². The van der Waals surface area contributed by atoms with Crippen LogP contribution in [-0.2, 0) is 20.8 Å². The van der Waals surface area contributed by atoms with Crippen LogP contribution in [0.2, 0.25) is 0 Å². The van der Waals surface area contributed by atoms with Crippen LogP contribution >= 0.6 is 39.5 Å². The molecule has 0 radical (unpaired) electrons. The summed E-state index contributed by atoms with van der Waals surface area (Å²) in [7, 11) is 0. The SMILES string of the molecule is O=C(Cc1ccccc1)N[C@@H]1C(=O)N2C(C(=O)O)=C(Sc3ccc(Br)cc3)CS[C@@H]12. The zero-order valence-electron chi connectivity index (χ0n) is 15.6. The molecule has 0 saturated carbocycles. The van der Waals surface area contributed by atoms with Gasteiger partial charge >= 0.3 is 5.97 Å². The van der Waals surface area contributed by atoms with E-state index in [-0.39, 0.29) is 23.9 Å². The van der Waals surface area contributed by atoms with Gasteiger partial charge in [-0.05, 0) is 29.8 Å². The number of carboxylic acids is 1. The number of nitrogens with zero attached hydrogens (tertiary/aromatic N) is 1. The second-order valence-corrected chi connectivity index (χ2v) is 9.94. The summed E-state index contributed by atoms with van der Waals surface area (Å²) >= 11 is 6.19. The van der Waals surface area contributed by atoms with Gasteiger partial charge in [0.15, 0.2) is 0 Å². The second-order valence-electron chi connectivity index (χ2n) is 6.75. The minimum absolute atomic E-state index is 0.00484. The predicted octanol–water partition coefficient (Wildman–Crippen LogP) is 3.48. The van der Waals surface area contributed by atoms with Gasteiger partial charge in [-0.2, -0.15) is 0 Å². The number of fused-ring (bicyclic) bond motifs is 1. The first-order chi connectivity index (χ1) is 14.4. The van der Waals surface area contributed by atoms with E-state index in [0.717, 1.165) is 14.9 Å². The van der Waals surface area contributed by atoms with Gasteiger partial charge in [0, 0.05) is 20.0 Å². The number of β-lactam (4-membered cyclic amide) rings is 1. The fourth-order valence-electron chi connectivity index (χ4n) is 3.32. The molecule has 2 aromatic carbocycles. The number of amides is 2. The first-order valence-electron chi connectivity index (χ1n) is 9.12. The molecule has 6 nitrogen and oxygen atoms in total. The number of aliphatic carboxylic acids is 1. The lowest BCUT2D eigenvalue weighted by atomic mass is 10.0. The molecule has 9 heteroatoms. The zero-order chi connectivity index (χ0) is 21.3. The first kappa shape index (κ1) is 21.0. The van der Waals surface area contributed by atoms with E-state index in [2.05, 4.69) is 21.2 Å². The summed E-state index contributed by atoms with van der Waals surface area (Å²) in [6.45, 7) is 0. The first-order valence-corrected chi connectivity index (χ1v) is 11.8. The van der Waals surface area contributed by atoms with Crippen LogP contribution in [0.4, 0.5) is 0 Å². The second kappa shape index (κ2) is 8.87. The highest BCUT2D eigenvalue weighted by Gasteiger charge is 2.54. The van der Waals surface area contributed by atoms with Crippen LogP contribution < -0.4 is 5.32 Å². The van der Waals surface area contributed by atoms with Crippen molar-refractivity contribution in [2.24, 2.45) is 0 Å². The van der Waals surface area contributed by atoms with E-state index < -0.39 is 17.4 Å². The van der Waals surface area contributed by atoms with Gasteiger partial charge in [0.1, 0.15) is 17.1 Å². The molecule has 0 aliphatic carbocycles. The maximum absolute atomic E-state index is 12.7. The Bertz CT molecular complexity index is 1030.